The molecule has 3 nitrogen and oxygen atoms in total. The maximum atomic E-state index is 11.9. The van der Waals surface area contributed by atoms with E-state index < -0.39 is 0 Å². The standard InChI is InChI=1S/C14H13NO2/c1-2-10-8-13(16)15-12(10)9-17-14(15)11-6-4-3-5-7-11/h2-8,12,14H,1,9H2/t12-,14-/m0/s1. The van der Waals surface area contributed by atoms with Crippen molar-refractivity contribution in [1.82, 2.24) is 4.90 Å². The molecule has 0 aliphatic carbocycles. The Kier molecular flexibility index (Phi) is 2.34. The van der Waals surface area contributed by atoms with Crippen molar-refractivity contribution in [2.45, 2.75) is 12.3 Å². The van der Waals surface area contributed by atoms with Gasteiger partial charge in [-0.1, -0.05) is 43.0 Å². The van der Waals surface area contributed by atoms with Gasteiger partial charge in [-0.15, -0.1) is 0 Å². The average molecular weight is 227 g/mol. The third-order valence-electron chi connectivity index (χ3n) is 3.25. The molecule has 2 atom stereocenters. The first kappa shape index (κ1) is 10.3. The maximum absolute atomic E-state index is 11.9. The summed E-state index contributed by atoms with van der Waals surface area (Å²) in [7, 11) is 0. The minimum absolute atomic E-state index is 0.0104. The van der Waals surface area contributed by atoms with Crippen molar-refractivity contribution in [2.75, 3.05) is 6.61 Å². The highest BCUT2D eigenvalue weighted by atomic mass is 16.5. The van der Waals surface area contributed by atoms with Crippen LogP contribution in [0, 0.1) is 0 Å². The van der Waals surface area contributed by atoms with Crippen LogP contribution in [-0.4, -0.2) is 23.5 Å². The molecule has 0 bridgehead atoms. The second-order valence-electron chi connectivity index (χ2n) is 4.21. The monoisotopic (exact) mass is 227 g/mol. The fourth-order valence-corrected chi connectivity index (χ4v) is 2.42. The van der Waals surface area contributed by atoms with Gasteiger partial charge in [0.25, 0.3) is 0 Å². The Morgan fingerprint density at radius 1 is 1.35 bits per heavy atom. The van der Waals surface area contributed by atoms with E-state index in [9.17, 15) is 4.79 Å². The molecule has 3 heteroatoms. The van der Waals surface area contributed by atoms with Crippen molar-refractivity contribution in [1.29, 1.82) is 0 Å². The third-order valence-corrected chi connectivity index (χ3v) is 3.25. The van der Waals surface area contributed by atoms with E-state index in [4.69, 9.17) is 4.74 Å². The zero-order chi connectivity index (χ0) is 11.8. The van der Waals surface area contributed by atoms with Gasteiger partial charge in [0.15, 0.2) is 6.23 Å². The summed E-state index contributed by atoms with van der Waals surface area (Å²) < 4.78 is 5.72. The van der Waals surface area contributed by atoms with Gasteiger partial charge >= 0.3 is 0 Å². The van der Waals surface area contributed by atoms with Crippen LogP contribution in [0.5, 0.6) is 0 Å². The van der Waals surface area contributed by atoms with Crippen LogP contribution in [-0.2, 0) is 9.53 Å². The van der Waals surface area contributed by atoms with Crippen LogP contribution in [0.3, 0.4) is 0 Å². The van der Waals surface area contributed by atoms with Crippen molar-refractivity contribution in [3.63, 3.8) is 0 Å². The molecular weight excluding hydrogens is 214 g/mol. The molecule has 2 heterocycles. The summed E-state index contributed by atoms with van der Waals surface area (Å²) in [6.07, 6.45) is 3.12. The molecule has 1 amide bonds. The normalized spacial score (nSPS) is 26.9. The summed E-state index contributed by atoms with van der Waals surface area (Å²) in [5.74, 6) is 0.0104. The molecule has 0 N–H and O–H groups in total. The quantitative estimate of drug-likeness (QED) is 0.773. The lowest BCUT2D eigenvalue weighted by Crippen LogP contribution is -2.32. The van der Waals surface area contributed by atoms with Crippen LogP contribution in [0.1, 0.15) is 11.8 Å². The van der Waals surface area contributed by atoms with Gasteiger partial charge in [-0.05, 0) is 5.57 Å². The number of hydrogen-bond donors (Lipinski definition) is 0. The fraction of sp³-hybridized carbons (Fsp3) is 0.214. The molecule has 1 aromatic rings. The molecule has 1 aromatic carbocycles. The Labute approximate surface area is 100.0 Å². The van der Waals surface area contributed by atoms with Crippen LogP contribution < -0.4 is 0 Å². The van der Waals surface area contributed by atoms with E-state index in [1.54, 1.807) is 17.1 Å². The van der Waals surface area contributed by atoms with Crippen molar-refractivity contribution >= 4 is 5.91 Å². The summed E-state index contributed by atoms with van der Waals surface area (Å²) in [6.45, 7) is 4.28. The van der Waals surface area contributed by atoms with E-state index in [2.05, 4.69) is 6.58 Å². The highest BCUT2D eigenvalue weighted by Gasteiger charge is 2.43. The van der Waals surface area contributed by atoms with E-state index in [1.807, 2.05) is 30.3 Å². The molecule has 2 aliphatic heterocycles. The number of rotatable bonds is 2. The van der Waals surface area contributed by atoms with Gasteiger partial charge in [-0.3, -0.25) is 9.69 Å². The average Bonchev–Trinajstić information content (AvgIpc) is 2.92. The van der Waals surface area contributed by atoms with Crippen LogP contribution >= 0.6 is 0 Å². The molecule has 0 unspecified atom stereocenters. The van der Waals surface area contributed by atoms with Crippen molar-refractivity contribution in [3.05, 3.63) is 60.2 Å². The molecule has 1 saturated heterocycles. The highest BCUT2D eigenvalue weighted by molar-refractivity contribution is 5.93. The van der Waals surface area contributed by atoms with Crippen LogP contribution in [0.2, 0.25) is 0 Å². The molecule has 17 heavy (non-hydrogen) atoms. The predicted molar refractivity (Wildman–Crippen MR) is 64.0 cm³/mol. The molecule has 1 fully saturated rings. The van der Waals surface area contributed by atoms with Gasteiger partial charge in [0, 0.05) is 11.6 Å². The summed E-state index contributed by atoms with van der Waals surface area (Å²) in [4.78, 5) is 13.7. The number of fused-ring (bicyclic) bond motifs is 1. The lowest BCUT2D eigenvalue weighted by molar-refractivity contribution is -0.130. The van der Waals surface area contributed by atoms with Gasteiger partial charge < -0.3 is 4.74 Å². The molecule has 0 radical (unpaired) electrons. The number of ether oxygens (including phenoxy) is 1. The molecule has 86 valence electrons. The van der Waals surface area contributed by atoms with Gasteiger partial charge in [0.2, 0.25) is 5.91 Å². The van der Waals surface area contributed by atoms with Gasteiger partial charge in [0.05, 0.1) is 12.6 Å². The number of nitrogens with zero attached hydrogens (tertiary/aromatic N) is 1. The SMILES string of the molecule is C=CC1=CC(=O)N2[C@H]1CO[C@H]2c1ccccc1. The number of amides is 1. The first-order chi connectivity index (χ1) is 8.31. The zero-order valence-electron chi connectivity index (χ0n) is 9.37. The molecule has 3 rings (SSSR count). The molecular formula is C14H13NO2. The number of carbonyl (C=O) groups excluding carboxylic acids is 1. The Balaban J connectivity index is 1.93. The Bertz CT molecular complexity index is 492. The van der Waals surface area contributed by atoms with E-state index >= 15 is 0 Å². The van der Waals surface area contributed by atoms with Crippen LogP contribution in [0.15, 0.2) is 54.6 Å². The zero-order valence-corrected chi connectivity index (χ0v) is 9.37. The smallest absolute Gasteiger partial charge is 0.249 e. The minimum Gasteiger partial charge on any atom is -0.351 e. The van der Waals surface area contributed by atoms with Gasteiger partial charge in [-0.25, -0.2) is 0 Å². The lowest BCUT2D eigenvalue weighted by atomic mass is 10.1. The fourth-order valence-electron chi connectivity index (χ4n) is 2.42. The number of carbonyl (C=O) groups is 1. The summed E-state index contributed by atoms with van der Waals surface area (Å²) in [5, 5.41) is 0. The van der Waals surface area contributed by atoms with E-state index in [0.29, 0.717) is 6.61 Å². The third kappa shape index (κ3) is 1.51. The maximum Gasteiger partial charge on any atom is 0.249 e. The Morgan fingerprint density at radius 3 is 2.82 bits per heavy atom. The number of benzene rings is 1. The van der Waals surface area contributed by atoms with Gasteiger partial charge in [-0.2, -0.15) is 0 Å². The van der Waals surface area contributed by atoms with Crippen LogP contribution in [0.4, 0.5) is 0 Å². The minimum atomic E-state index is -0.262. The summed E-state index contributed by atoms with van der Waals surface area (Å²) in [6, 6.07) is 9.85. The predicted octanol–water partition coefficient (Wildman–Crippen LogP) is 2.04. The summed E-state index contributed by atoms with van der Waals surface area (Å²) in [5.41, 5.74) is 1.97. The topological polar surface area (TPSA) is 29.5 Å². The molecule has 0 spiro atoms. The van der Waals surface area contributed by atoms with Gasteiger partial charge in [0.1, 0.15) is 0 Å². The second-order valence-corrected chi connectivity index (χ2v) is 4.21. The molecule has 0 saturated carbocycles. The molecule has 0 aromatic heterocycles. The van der Waals surface area contributed by atoms with Crippen molar-refractivity contribution in [3.8, 4) is 0 Å². The van der Waals surface area contributed by atoms with E-state index in [0.717, 1.165) is 11.1 Å². The number of hydrogen-bond acceptors (Lipinski definition) is 2. The second kappa shape index (κ2) is 3.86. The Morgan fingerprint density at radius 2 is 2.12 bits per heavy atom. The Hall–Kier alpha value is -1.87. The van der Waals surface area contributed by atoms with Crippen molar-refractivity contribution in [2.24, 2.45) is 0 Å². The largest absolute Gasteiger partial charge is 0.351 e. The first-order valence-corrected chi connectivity index (χ1v) is 5.64. The lowest BCUT2D eigenvalue weighted by Gasteiger charge is -2.23. The first-order valence-electron chi connectivity index (χ1n) is 5.64. The van der Waals surface area contributed by atoms with Crippen molar-refractivity contribution < 1.29 is 9.53 Å². The summed E-state index contributed by atoms with van der Waals surface area (Å²) >= 11 is 0. The van der Waals surface area contributed by atoms with Crippen LogP contribution in [0.25, 0.3) is 0 Å². The van der Waals surface area contributed by atoms with E-state index in [-0.39, 0.29) is 18.2 Å². The highest BCUT2D eigenvalue weighted by Crippen LogP contribution is 2.37. The molecule has 2 aliphatic rings. The van der Waals surface area contributed by atoms with E-state index in [1.165, 1.54) is 0 Å².